The van der Waals surface area contributed by atoms with E-state index < -0.39 is 0 Å². The van der Waals surface area contributed by atoms with Gasteiger partial charge in [-0.05, 0) is 24.6 Å². The molecular formula is C18H16Cl2N4OS. The van der Waals surface area contributed by atoms with Crippen LogP contribution in [0.5, 0.6) is 0 Å². The number of carbonyl (C=O) groups excluding carboxylic acids is 1. The molecule has 0 unspecified atom stereocenters. The van der Waals surface area contributed by atoms with Crippen molar-refractivity contribution >= 4 is 40.9 Å². The minimum absolute atomic E-state index is 0.122. The summed E-state index contributed by atoms with van der Waals surface area (Å²) in [5.74, 6) is 0.777. The van der Waals surface area contributed by atoms with Gasteiger partial charge in [0.1, 0.15) is 0 Å². The van der Waals surface area contributed by atoms with Crippen molar-refractivity contribution in [2.45, 2.75) is 18.6 Å². The Labute approximate surface area is 165 Å². The van der Waals surface area contributed by atoms with E-state index in [9.17, 15) is 4.79 Å². The number of H-pyrrole nitrogens is 1. The Bertz CT molecular complexity index is 912. The lowest BCUT2D eigenvalue weighted by atomic mass is 10.1. The summed E-state index contributed by atoms with van der Waals surface area (Å²) in [5.41, 5.74) is 2.95. The Hall–Kier alpha value is -2.02. The number of thioether (sulfide) groups is 1. The van der Waals surface area contributed by atoms with Crippen LogP contribution in [0.25, 0.3) is 11.4 Å². The van der Waals surface area contributed by atoms with Gasteiger partial charge in [0, 0.05) is 22.2 Å². The predicted octanol–water partition coefficient (Wildman–Crippen LogP) is 4.50. The SMILES string of the molecule is Cc1ccc(-c2nc(SCC(=O)NCc3ccc(Cl)cc3Cl)n[nH]2)cc1. The van der Waals surface area contributed by atoms with Crippen molar-refractivity contribution < 1.29 is 4.79 Å². The fourth-order valence-corrected chi connectivity index (χ4v) is 3.30. The van der Waals surface area contributed by atoms with Crippen LogP contribution >= 0.6 is 35.0 Å². The molecule has 0 aliphatic rings. The van der Waals surface area contributed by atoms with Crippen LogP contribution in [0.2, 0.25) is 10.0 Å². The molecule has 5 nitrogen and oxygen atoms in total. The summed E-state index contributed by atoms with van der Waals surface area (Å²) in [5, 5.41) is 11.5. The molecule has 0 bridgehead atoms. The Kier molecular flexibility index (Phi) is 6.19. The van der Waals surface area contributed by atoms with Gasteiger partial charge in [-0.2, -0.15) is 0 Å². The predicted molar refractivity (Wildman–Crippen MR) is 106 cm³/mol. The summed E-state index contributed by atoms with van der Waals surface area (Å²) in [6.45, 7) is 2.37. The van der Waals surface area contributed by atoms with Gasteiger partial charge >= 0.3 is 0 Å². The van der Waals surface area contributed by atoms with E-state index in [2.05, 4.69) is 20.5 Å². The monoisotopic (exact) mass is 406 g/mol. The van der Waals surface area contributed by atoms with Crippen molar-refractivity contribution in [2.75, 3.05) is 5.75 Å². The lowest BCUT2D eigenvalue weighted by Crippen LogP contribution is -2.24. The molecule has 8 heteroatoms. The highest BCUT2D eigenvalue weighted by Gasteiger charge is 2.10. The molecule has 1 aromatic heterocycles. The van der Waals surface area contributed by atoms with Crippen LogP contribution in [-0.2, 0) is 11.3 Å². The lowest BCUT2D eigenvalue weighted by molar-refractivity contribution is -0.118. The van der Waals surface area contributed by atoms with Crippen LogP contribution in [0.4, 0.5) is 0 Å². The van der Waals surface area contributed by atoms with Gasteiger partial charge in [-0.3, -0.25) is 9.89 Å². The molecule has 3 aromatic rings. The van der Waals surface area contributed by atoms with Crippen molar-refractivity contribution in [3.63, 3.8) is 0 Å². The third-order valence-corrected chi connectivity index (χ3v) is 5.05. The van der Waals surface area contributed by atoms with E-state index in [4.69, 9.17) is 23.2 Å². The number of carbonyl (C=O) groups is 1. The second kappa shape index (κ2) is 8.58. The Morgan fingerprint density at radius 3 is 2.69 bits per heavy atom. The van der Waals surface area contributed by atoms with Gasteiger partial charge in [0.05, 0.1) is 5.75 Å². The molecule has 26 heavy (non-hydrogen) atoms. The molecule has 0 atom stereocenters. The second-order valence-corrected chi connectivity index (χ2v) is 7.42. The molecule has 0 saturated heterocycles. The number of aryl methyl sites for hydroxylation is 1. The second-order valence-electron chi connectivity index (χ2n) is 5.63. The summed E-state index contributed by atoms with van der Waals surface area (Å²) in [6.07, 6.45) is 0. The van der Waals surface area contributed by atoms with Gasteiger partial charge in [-0.25, -0.2) is 4.98 Å². The molecule has 0 spiro atoms. The van der Waals surface area contributed by atoms with E-state index in [1.807, 2.05) is 31.2 Å². The minimum Gasteiger partial charge on any atom is -0.351 e. The molecule has 2 aromatic carbocycles. The molecule has 0 saturated carbocycles. The zero-order valence-electron chi connectivity index (χ0n) is 13.9. The van der Waals surface area contributed by atoms with E-state index in [0.29, 0.717) is 27.6 Å². The van der Waals surface area contributed by atoms with Gasteiger partial charge in [0.25, 0.3) is 0 Å². The zero-order valence-corrected chi connectivity index (χ0v) is 16.3. The Morgan fingerprint density at radius 1 is 1.19 bits per heavy atom. The number of nitrogens with one attached hydrogen (secondary N) is 2. The first-order chi connectivity index (χ1) is 12.5. The maximum absolute atomic E-state index is 12.0. The van der Waals surface area contributed by atoms with Crippen LogP contribution in [-0.4, -0.2) is 26.8 Å². The number of halogens is 2. The fourth-order valence-electron chi connectivity index (χ4n) is 2.19. The average molecular weight is 407 g/mol. The zero-order chi connectivity index (χ0) is 18.5. The maximum Gasteiger partial charge on any atom is 0.230 e. The van der Waals surface area contributed by atoms with Gasteiger partial charge in [0.15, 0.2) is 5.82 Å². The van der Waals surface area contributed by atoms with E-state index in [1.54, 1.807) is 18.2 Å². The van der Waals surface area contributed by atoms with Crippen LogP contribution in [0, 0.1) is 6.92 Å². The molecule has 1 heterocycles. The number of aromatic nitrogens is 3. The first-order valence-corrected chi connectivity index (χ1v) is 9.58. The molecule has 1 amide bonds. The average Bonchev–Trinajstić information content (AvgIpc) is 3.09. The van der Waals surface area contributed by atoms with Crippen LogP contribution < -0.4 is 5.32 Å². The van der Waals surface area contributed by atoms with E-state index in [1.165, 1.54) is 17.3 Å². The third-order valence-electron chi connectivity index (χ3n) is 3.61. The molecule has 0 aliphatic carbocycles. The molecule has 0 aliphatic heterocycles. The molecular weight excluding hydrogens is 391 g/mol. The van der Waals surface area contributed by atoms with Crippen molar-refractivity contribution in [1.29, 1.82) is 0 Å². The summed E-state index contributed by atoms with van der Waals surface area (Å²) in [4.78, 5) is 16.4. The van der Waals surface area contributed by atoms with Gasteiger partial charge in [0.2, 0.25) is 11.1 Å². The van der Waals surface area contributed by atoms with Crippen molar-refractivity contribution in [1.82, 2.24) is 20.5 Å². The third kappa shape index (κ3) is 5.00. The summed E-state index contributed by atoms with van der Waals surface area (Å²) >= 11 is 13.2. The summed E-state index contributed by atoms with van der Waals surface area (Å²) in [7, 11) is 0. The number of aromatic amines is 1. The van der Waals surface area contributed by atoms with E-state index in [-0.39, 0.29) is 11.7 Å². The topological polar surface area (TPSA) is 70.7 Å². The number of hydrogen-bond donors (Lipinski definition) is 2. The van der Waals surface area contributed by atoms with Gasteiger partial charge < -0.3 is 5.32 Å². The van der Waals surface area contributed by atoms with Crippen LogP contribution in [0.1, 0.15) is 11.1 Å². The van der Waals surface area contributed by atoms with E-state index >= 15 is 0 Å². The minimum atomic E-state index is -0.122. The van der Waals surface area contributed by atoms with E-state index in [0.717, 1.165) is 11.1 Å². The standard InChI is InChI=1S/C18H16Cl2N4OS/c1-11-2-4-12(5-3-11)17-22-18(24-23-17)26-10-16(25)21-9-13-6-7-14(19)8-15(13)20/h2-8H,9-10H2,1H3,(H,21,25)(H,22,23,24). The number of amides is 1. The van der Waals surface area contributed by atoms with Gasteiger partial charge in [-0.1, -0.05) is 70.9 Å². The Morgan fingerprint density at radius 2 is 1.96 bits per heavy atom. The highest BCUT2D eigenvalue weighted by Crippen LogP contribution is 2.21. The highest BCUT2D eigenvalue weighted by molar-refractivity contribution is 7.99. The summed E-state index contributed by atoms with van der Waals surface area (Å²) in [6, 6.07) is 13.2. The molecule has 0 radical (unpaired) electrons. The maximum atomic E-state index is 12.0. The first-order valence-electron chi connectivity index (χ1n) is 7.84. The summed E-state index contributed by atoms with van der Waals surface area (Å²) < 4.78 is 0. The number of rotatable bonds is 6. The Balaban J connectivity index is 1.51. The fraction of sp³-hybridized carbons (Fsp3) is 0.167. The molecule has 134 valence electrons. The van der Waals surface area contributed by atoms with Crippen molar-refractivity contribution in [3.05, 3.63) is 63.6 Å². The molecule has 3 rings (SSSR count). The lowest BCUT2D eigenvalue weighted by Gasteiger charge is -2.06. The number of benzene rings is 2. The number of hydrogen-bond acceptors (Lipinski definition) is 4. The smallest absolute Gasteiger partial charge is 0.230 e. The molecule has 2 N–H and O–H groups in total. The normalized spacial score (nSPS) is 10.7. The van der Waals surface area contributed by atoms with Crippen molar-refractivity contribution in [3.8, 4) is 11.4 Å². The number of nitrogens with zero attached hydrogens (tertiary/aromatic N) is 2. The first kappa shape index (κ1) is 18.8. The van der Waals surface area contributed by atoms with Crippen LogP contribution in [0.3, 0.4) is 0 Å². The molecule has 0 fully saturated rings. The largest absolute Gasteiger partial charge is 0.351 e. The van der Waals surface area contributed by atoms with Crippen molar-refractivity contribution in [2.24, 2.45) is 0 Å². The highest BCUT2D eigenvalue weighted by atomic mass is 35.5. The van der Waals surface area contributed by atoms with Crippen LogP contribution in [0.15, 0.2) is 47.6 Å². The quantitative estimate of drug-likeness (QED) is 0.591. The van der Waals surface area contributed by atoms with Gasteiger partial charge in [-0.15, -0.1) is 5.10 Å².